The van der Waals surface area contributed by atoms with Crippen molar-refractivity contribution in [1.29, 1.82) is 0 Å². The first-order valence-corrected chi connectivity index (χ1v) is 17.4. The fourth-order valence-electron chi connectivity index (χ4n) is 7.22. The maximum Gasteiger partial charge on any atom is 0.335 e. The molecule has 1 aromatic heterocycles. The molecule has 0 saturated carbocycles. The van der Waals surface area contributed by atoms with E-state index in [1.807, 2.05) is 0 Å². The minimum atomic E-state index is -1.17. The fraction of sp³-hybridized carbons (Fsp3) is 0.342. The molecule has 3 atom stereocenters. The molecule has 0 spiro atoms. The number of pyridine rings is 1. The van der Waals surface area contributed by atoms with E-state index in [1.165, 1.54) is 56.9 Å². The van der Waals surface area contributed by atoms with Crippen LogP contribution in [0.15, 0.2) is 73.1 Å². The molecule has 2 N–H and O–H groups in total. The SMILES string of the molecule is COc1ccc([C@H](Cc2c(Cl)c[n+]([O-])cc2Cl)c2c(CNC(C(=O)O[C@H]3CN4CCC3CC4)c3ccc(F)cc3)cccc2C(=O)O)cc1OC. The van der Waals surface area contributed by atoms with Gasteiger partial charge in [0.1, 0.15) is 28.0 Å². The molecule has 0 radical (unpaired) electrons. The number of hydrogen-bond acceptors (Lipinski definition) is 8. The van der Waals surface area contributed by atoms with E-state index in [2.05, 4.69) is 10.2 Å². The lowest BCUT2D eigenvalue weighted by Gasteiger charge is -2.44. The number of piperidine rings is 3. The van der Waals surface area contributed by atoms with Crippen molar-refractivity contribution in [2.45, 2.75) is 43.9 Å². The first kappa shape index (κ1) is 36.4. The standard InChI is InChI=1S/C38H38Cl2FN3O7/c1-49-32-11-8-24(16-33(32)50-2)28(17-29-30(39)19-44(48)20-31(29)40)35-25(4-3-5-27(35)37(45)46)18-42-36(23-6-9-26(41)10-7-23)38(47)51-34-21-43-14-12-22(34)13-15-43/h3-11,16,19-20,22,28,34,36,42H,12-15,17-18,21H2,1-2H3,(H,45,46)/t28-,34-,36?/m0/s1. The van der Waals surface area contributed by atoms with Crippen molar-refractivity contribution in [2.24, 2.45) is 5.92 Å². The number of carbonyl (C=O) groups excluding carboxylic acids is 1. The van der Waals surface area contributed by atoms with E-state index < -0.39 is 29.7 Å². The second kappa shape index (κ2) is 15.9. The number of carboxylic acid groups (broad SMARTS) is 1. The highest BCUT2D eigenvalue weighted by Gasteiger charge is 2.38. The van der Waals surface area contributed by atoms with E-state index in [0.29, 0.717) is 50.6 Å². The van der Waals surface area contributed by atoms with E-state index >= 15 is 0 Å². The molecule has 4 aromatic rings. The highest BCUT2D eigenvalue weighted by atomic mass is 35.5. The second-order valence-electron chi connectivity index (χ2n) is 12.8. The van der Waals surface area contributed by atoms with Gasteiger partial charge in [-0.3, -0.25) is 10.2 Å². The van der Waals surface area contributed by atoms with Crippen LogP contribution >= 0.6 is 23.2 Å². The van der Waals surface area contributed by atoms with Gasteiger partial charge in [-0.05, 0) is 90.9 Å². The van der Waals surface area contributed by atoms with Crippen molar-refractivity contribution in [1.82, 2.24) is 10.2 Å². The molecule has 7 rings (SSSR count). The first-order valence-electron chi connectivity index (χ1n) is 16.6. The lowest BCUT2D eigenvalue weighted by molar-refractivity contribution is -0.605. The van der Waals surface area contributed by atoms with Crippen LogP contribution in [0.3, 0.4) is 0 Å². The third kappa shape index (κ3) is 8.07. The van der Waals surface area contributed by atoms with Gasteiger partial charge in [0.05, 0.1) is 19.8 Å². The van der Waals surface area contributed by atoms with Gasteiger partial charge < -0.3 is 24.5 Å². The third-order valence-corrected chi connectivity index (χ3v) is 10.5. The average Bonchev–Trinajstić information content (AvgIpc) is 3.12. The minimum Gasteiger partial charge on any atom is -0.619 e. The number of aromatic carboxylic acids is 1. The molecule has 51 heavy (non-hydrogen) atoms. The van der Waals surface area contributed by atoms with Gasteiger partial charge in [0.15, 0.2) is 23.9 Å². The quantitative estimate of drug-likeness (QED) is 0.0921. The number of hydrogen-bond donors (Lipinski definition) is 2. The number of nitrogens with one attached hydrogen (secondary N) is 1. The van der Waals surface area contributed by atoms with Crippen LogP contribution in [0, 0.1) is 16.9 Å². The Hall–Kier alpha value is -4.42. The summed E-state index contributed by atoms with van der Waals surface area (Å²) in [6.45, 7) is 2.67. The van der Waals surface area contributed by atoms with Crippen LogP contribution < -0.4 is 19.5 Å². The molecule has 1 unspecified atom stereocenters. The number of carbonyl (C=O) groups is 2. The molecule has 13 heteroatoms. The van der Waals surface area contributed by atoms with E-state index in [4.69, 9.17) is 37.4 Å². The zero-order valence-corrected chi connectivity index (χ0v) is 29.6. The summed E-state index contributed by atoms with van der Waals surface area (Å²) in [7, 11) is 3.01. The highest BCUT2D eigenvalue weighted by molar-refractivity contribution is 6.35. The molecule has 0 aliphatic carbocycles. The van der Waals surface area contributed by atoms with Gasteiger partial charge in [-0.15, -0.1) is 0 Å². The molecule has 3 aliphatic heterocycles. The van der Waals surface area contributed by atoms with Crippen molar-refractivity contribution >= 4 is 35.1 Å². The summed E-state index contributed by atoms with van der Waals surface area (Å²) in [5.41, 5.74) is 2.62. The van der Waals surface area contributed by atoms with Gasteiger partial charge in [-0.2, -0.15) is 4.73 Å². The Morgan fingerprint density at radius 3 is 2.27 bits per heavy atom. The topological polar surface area (TPSA) is 124 Å². The number of nitrogens with zero attached hydrogens (tertiary/aromatic N) is 2. The summed E-state index contributed by atoms with van der Waals surface area (Å²) in [5, 5.41) is 26.2. The van der Waals surface area contributed by atoms with Gasteiger partial charge in [0.2, 0.25) is 0 Å². The summed E-state index contributed by atoms with van der Waals surface area (Å²) in [4.78, 5) is 29.1. The molecule has 0 amide bonds. The molecule has 3 saturated heterocycles. The molecule has 268 valence electrons. The van der Waals surface area contributed by atoms with Gasteiger partial charge in [-0.1, -0.05) is 53.5 Å². The molecule has 4 heterocycles. The number of carboxylic acids is 1. The van der Waals surface area contributed by atoms with Crippen LogP contribution in [0.1, 0.15) is 63.0 Å². The van der Waals surface area contributed by atoms with Crippen LogP contribution in [0.2, 0.25) is 10.0 Å². The van der Waals surface area contributed by atoms with Crippen LogP contribution in [0.25, 0.3) is 0 Å². The Balaban J connectivity index is 1.41. The zero-order chi connectivity index (χ0) is 36.2. The largest absolute Gasteiger partial charge is 0.619 e. The van der Waals surface area contributed by atoms with Gasteiger partial charge in [0.25, 0.3) is 0 Å². The molecule has 3 aromatic carbocycles. The summed E-state index contributed by atoms with van der Waals surface area (Å²) < 4.78 is 31.7. The van der Waals surface area contributed by atoms with E-state index in [-0.39, 0.29) is 40.6 Å². The van der Waals surface area contributed by atoms with Crippen molar-refractivity contribution < 1.29 is 38.0 Å². The molecular weight excluding hydrogens is 700 g/mol. The summed E-state index contributed by atoms with van der Waals surface area (Å²) in [5.74, 6) is -1.63. The van der Waals surface area contributed by atoms with Crippen LogP contribution in [-0.4, -0.2) is 61.9 Å². The van der Waals surface area contributed by atoms with Crippen LogP contribution in [-0.2, 0) is 22.5 Å². The number of ether oxygens (including phenoxy) is 3. The Bertz CT molecular complexity index is 1880. The molecule has 3 aliphatic rings. The van der Waals surface area contributed by atoms with Crippen molar-refractivity contribution in [2.75, 3.05) is 33.9 Å². The van der Waals surface area contributed by atoms with Crippen molar-refractivity contribution in [3.05, 3.63) is 128 Å². The predicted molar refractivity (Wildman–Crippen MR) is 189 cm³/mol. The second-order valence-corrected chi connectivity index (χ2v) is 13.6. The number of benzene rings is 3. The first-order chi connectivity index (χ1) is 24.6. The number of fused-ring (bicyclic) bond motifs is 3. The molecule has 2 bridgehead atoms. The Kier molecular flexibility index (Phi) is 11.3. The number of halogens is 3. The monoisotopic (exact) mass is 737 g/mol. The maximum atomic E-state index is 14.0. The lowest BCUT2D eigenvalue weighted by atomic mass is 9.80. The van der Waals surface area contributed by atoms with E-state index in [1.54, 1.807) is 30.3 Å². The number of methoxy groups -OCH3 is 2. The highest BCUT2D eigenvalue weighted by Crippen LogP contribution is 2.40. The van der Waals surface area contributed by atoms with E-state index in [9.17, 15) is 24.3 Å². The van der Waals surface area contributed by atoms with Gasteiger partial charge in [0, 0.05) is 24.6 Å². The number of esters is 1. The molecule has 10 nitrogen and oxygen atoms in total. The predicted octanol–water partition coefficient (Wildman–Crippen LogP) is 6.32. The smallest absolute Gasteiger partial charge is 0.335 e. The minimum absolute atomic E-state index is 0.0179. The van der Waals surface area contributed by atoms with Crippen molar-refractivity contribution in [3.8, 4) is 11.5 Å². The Labute approximate surface area is 305 Å². The number of aromatic nitrogens is 1. The fourth-order valence-corrected chi connectivity index (χ4v) is 7.82. The molecule has 3 fully saturated rings. The number of rotatable bonds is 13. The van der Waals surface area contributed by atoms with Gasteiger partial charge in [-0.25, -0.2) is 14.0 Å². The Morgan fingerprint density at radius 2 is 1.67 bits per heavy atom. The third-order valence-electron chi connectivity index (χ3n) is 9.85. The normalized spacial score (nSPS) is 19.3. The van der Waals surface area contributed by atoms with Crippen molar-refractivity contribution in [3.63, 3.8) is 0 Å². The van der Waals surface area contributed by atoms with Crippen LogP contribution in [0.5, 0.6) is 11.5 Å². The van der Waals surface area contributed by atoms with E-state index in [0.717, 1.165) is 25.9 Å². The average molecular weight is 739 g/mol. The van der Waals surface area contributed by atoms with Gasteiger partial charge >= 0.3 is 11.9 Å². The van der Waals surface area contributed by atoms with Crippen LogP contribution in [0.4, 0.5) is 4.39 Å². The lowest BCUT2D eigenvalue weighted by Crippen LogP contribution is -2.52. The summed E-state index contributed by atoms with van der Waals surface area (Å²) in [6.07, 6.45) is 4.15. The summed E-state index contributed by atoms with van der Waals surface area (Å²) >= 11 is 13.1. The maximum absolute atomic E-state index is 14.0. The zero-order valence-electron chi connectivity index (χ0n) is 28.1. The Morgan fingerprint density at radius 1 is 1.00 bits per heavy atom. The molecular formula is C38H38Cl2FN3O7. The summed E-state index contributed by atoms with van der Waals surface area (Å²) in [6, 6.07) is 14.9.